The van der Waals surface area contributed by atoms with Gasteiger partial charge in [-0.15, -0.1) is 0 Å². The summed E-state index contributed by atoms with van der Waals surface area (Å²) >= 11 is 0. The second-order valence-electron chi connectivity index (χ2n) is 5.53. The average molecular weight is 232 g/mol. The van der Waals surface area contributed by atoms with Crippen LogP contribution in [0.3, 0.4) is 0 Å². The molecule has 0 saturated heterocycles. The van der Waals surface area contributed by atoms with Crippen LogP contribution in [0.4, 0.5) is 0 Å². The van der Waals surface area contributed by atoms with Crippen molar-refractivity contribution < 1.29 is 0 Å². The molecule has 0 N–H and O–H groups in total. The summed E-state index contributed by atoms with van der Waals surface area (Å²) in [6.45, 7) is 4.47. The highest BCUT2D eigenvalue weighted by Gasteiger charge is 2.25. The van der Waals surface area contributed by atoms with E-state index in [0.717, 1.165) is 6.42 Å². The first-order valence-electron chi connectivity index (χ1n) is 6.65. The third kappa shape index (κ3) is 1.16. The van der Waals surface area contributed by atoms with Gasteiger partial charge in [0.05, 0.1) is 0 Å². The van der Waals surface area contributed by atoms with Crippen LogP contribution in [0.1, 0.15) is 35.1 Å². The summed E-state index contributed by atoms with van der Waals surface area (Å²) < 4.78 is 0. The zero-order valence-corrected chi connectivity index (χ0v) is 10.8. The zero-order valence-electron chi connectivity index (χ0n) is 10.8. The van der Waals surface area contributed by atoms with Gasteiger partial charge in [0.25, 0.3) is 0 Å². The molecule has 0 nitrogen and oxygen atoms in total. The first kappa shape index (κ1) is 10.1. The Balaban J connectivity index is 2.24. The van der Waals surface area contributed by atoms with E-state index in [-0.39, 0.29) is 0 Å². The lowest BCUT2D eigenvalue weighted by Crippen LogP contribution is -2.11. The van der Waals surface area contributed by atoms with E-state index in [1.54, 1.807) is 5.56 Å². The number of hydrogen-bond acceptors (Lipinski definition) is 0. The van der Waals surface area contributed by atoms with Crippen molar-refractivity contribution in [3.05, 3.63) is 64.2 Å². The van der Waals surface area contributed by atoms with Crippen LogP contribution in [0, 0.1) is 6.92 Å². The summed E-state index contributed by atoms with van der Waals surface area (Å²) in [5.41, 5.74) is 7.33. The van der Waals surface area contributed by atoms with Gasteiger partial charge in [-0.2, -0.15) is 0 Å². The van der Waals surface area contributed by atoms with Crippen LogP contribution in [-0.4, -0.2) is 0 Å². The molecule has 2 aliphatic rings. The van der Waals surface area contributed by atoms with Crippen molar-refractivity contribution in [3.8, 4) is 0 Å². The third-order valence-corrected chi connectivity index (χ3v) is 4.41. The summed E-state index contributed by atoms with van der Waals surface area (Å²) in [7, 11) is 0. The fourth-order valence-electron chi connectivity index (χ4n) is 3.49. The quantitative estimate of drug-likeness (QED) is 0.574. The molecule has 0 fully saturated rings. The van der Waals surface area contributed by atoms with Crippen LogP contribution >= 0.6 is 0 Å². The summed E-state index contributed by atoms with van der Waals surface area (Å²) in [5.74, 6) is 0.506. The van der Waals surface area contributed by atoms with Gasteiger partial charge in [0.1, 0.15) is 0 Å². The van der Waals surface area contributed by atoms with Crippen molar-refractivity contribution in [1.29, 1.82) is 0 Å². The molecule has 2 aliphatic carbocycles. The second-order valence-corrected chi connectivity index (χ2v) is 5.53. The molecule has 0 amide bonds. The van der Waals surface area contributed by atoms with E-state index in [4.69, 9.17) is 0 Å². The number of allylic oxidation sites excluding steroid dienone is 3. The normalized spacial score (nSPS) is 20.1. The van der Waals surface area contributed by atoms with E-state index in [1.165, 1.54) is 33.0 Å². The molecule has 2 aromatic rings. The highest BCUT2D eigenvalue weighted by Crippen LogP contribution is 2.44. The molecule has 1 atom stereocenters. The van der Waals surface area contributed by atoms with Crippen LogP contribution in [-0.2, 0) is 6.42 Å². The Bertz CT molecular complexity index is 729. The summed E-state index contributed by atoms with van der Waals surface area (Å²) in [4.78, 5) is 0. The van der Waals surface area contributed by atoms with Gasteiger partial charge in [-0.1, -0.05) is 48.1 Å². The maximum Gasteiger partial charge on any atom is 0.0238 e. The molecular formula is C18H16. The zero-order chi connectivity index (χ0) is 12.3. The first-order chi connectivity index (χ1) is 8.75. The minimum atomic E-state index is 0.506. The van der Waals surface area contributed by atoms with Gasteiger partial charge in [-0.3, -0.25) is 0 Å². The number of aryl methyl sites for hydroxylation is 1. The predicted octanol–water partition coefficient (Wildman–Crippen LogP) is 4.76. The molecule has 0 saturated carbocycles. The molecule has 0 bridgehead atoms. The largest absolute Gasteiger partial charge is 0.0832 e. The highest BCUT2D eigenvalue weighted by molar-refractivity contribution is 5.99. The molecule has 18 heavy (non-hydrogen) atoms. The van der Waals surface area contributed by atoms with Crippen LogP contribution in [0.15, 0.2) is 42.0 Å². The number of hydrogen-bond donors (Lipinski definition) is 0. The smallest absolute Gasteiger partial charge is 0.0238 e. The highest BCUT2D eigenvalue weighted by atomic mass is 14.3. The number of rotatable bonds is 0. The van der Waals surface area contributed by atoms with Gasteiger partial charge < -0.3 is 0 Å². The van der Waals surface area contributed by atoms with Gasteiger partial charge in [0.15, 0.2) is 0 Å². The lowest BCUT2D eigenvalue weighted by molar-refractivity contribution is 0.941. The lowest BCUT2D eigenvalue weighted by atomic mass is 9.75. The Kier molecular flexibility index (Phi) is 1.89. The molecule has 0 aromatic heterocycles. The van der Waals surface area contributed by atoms with E-state index >= 15 is 0 Å². The van der Waals surface area contributed by atoms with Crippen molar-refractivity contribution in [2.75, 3.05) is 0 Å². The summed E-state index contributed by atoms with van der Waals surface area (Å²) in [5, 5.41) is 2.92. The van der Waals surface area contributed by atoms with Crippen LogP contribution < -0.4 is 0 Å². The molecule has 0 heterocycles. The minimum absolute atomic E-state index is 0.506. The van der Waals surface area contributed by atoms with Crippen LogP contribution in [0.5, 0.6) is 0 Å². The first-order valence-corrected chi connectivity index (χ1v) is 6.65. The summed E-state index contributed by atoms with van der Waals surface area (Å²) in [6, 6.07) is 9.14. The molecule has 0 spiro atoms. The Morgan fingerprint density at radius 2 is 1.94 bits per heavy atom. The van der Waals surface area contributed by atoms with E-state index < -0.39 is 0 Å². The SMILES string of the molecule is CC1=Cc2ccc(C)c3ccc4c(c23)C1C=CC4. The van der Waals surface area contributed by atoms with Crippen molar-refractivity contribution in [2.24, 2.45) is 0 Å². The molecule has 0 heteroatoms. The van der Waals surface area contributed by atoms with Gasteiger partial charge in [0.2, 0.25) is 0 Å². The second kappa shape index (κ2) is 3.35. The Labute approximate surface area is 108 Å². The van der Waals surface area contributed by atoms with E-state index in [2.05, 4.69) is 56.3 Å². The summed E-state index contributed by atoms with van der Waals surface area (Å²) in [6.07, 6.45) is 8.14. The van der Waals surface area contributed by atoms with Gasteiger partial charge in [-0.25, -0.2) is 0 Å². The van der Waals surface area contributed by atoms with Crippen molar-refractivity contribution in [2.45, 2.75) is 26.2 Å². The molecule has 1 unspecified atom stereocenters. The predicted molar refractivity (Wildman–Crippen MR) is 77.9 cm³/mol. The van der Waals surface area contributed by atoms with Gasteiger partial charge in [0, 0.05) is 5.92 Å². The molecule has 0 aliphatic heterocycles. The minimum Gasteiger partial charge on any atom is -0.0832 e. The van der Waals surface area contributed by atoms with E-state index in [9.17, 15) is 0 Å². The standard InChI is InChI=1S/C18H16/c1-11-6-7-14-10-12(2)15-5-3-4-13-8-9-16(11)18(14)17(13)15/h3,5-10,15H,4H2,1-2H3. The Morgan fingerprint density at radius 3 is 2.83 bits per heavy atom. The van der Waals surface area contributed by atoms with E-state index in [0.29, 0.717) is 5.92 Å². The average Bonchev–Trinajstić information content (AvgIpc) is 2.40. The third-order valence-electron chi connectivity index (χ3n) is 4.41. The fraction of sp³-hybridized carbons (Fsp3) is 0.222. The maximum atomic E-state index is 2.37. The molecular weight excluding hydrogens is 216 g/mol. The fourth-order valence-corrected chi connectivity index (χ4v) is 3.49. The Morgan fingerprint density at radius 1 is 1.06 bits per heavy atom. The molecule has 2 aromatic carbocycles. The topological polar surface area (TPSA) is 0 Å². The maximum absolute atomic E-state index is 2.37. The van der Waals surface area contributed by atoms with Crippen LogP contribution in [0.2, 0.25) is 0 Å². The number of benzene rings is 2. The monoisotopic (exact) mass is 232 g/mol. The van der Waals surface area contributed by atoms with Crippen molar-refractivity contribution >= 4 is 16.8 Å². The molecule has 4 rings (SSSR count). The van der Waals surface area contributed by atoms with Crippen LogP contribution in [0.25, 0.3) is 16.8 Å². The van der Waals surface area contributed by atoms with Gasteiger partial charge >= 0.3 is 0 Å². The van der Waals surface area contributed by atoms with Crippen molar-refractivity contribution in [3.63, 3.8) is 0 Å². The molecule has 0 radical (unpaired) electrons. The van der Waals surface area contributed by atoms with Crippen molar-refractivity contribution in [1.82, 2.24) is 0 Å². The van der Waals surface area contributed by atoms with Gasteiger partial charge in [-0.05, 0) is 53.3 Å². The van der Waals surface area contributed by atoms with E-state index in [1.807, 2.05) is 0 Å². The Hall–Kier alpha value is -1.82. The lowest BCUT2D eigenvalue weighted by Gasteiger charge is -2.29. The molecule has 88 valence electrons.